The molecule has 2 N–H and O–H groups in total. The molecule has 13 heavy (non-hydrogen) atoms. The third-order valence-corrected chi connectivity index (χ3v) is 1.96. The van der Waals surface area contributed by atoms with E-state index in [-0.39, 0.29) is 4.83 Å². The van der Waals surface area contributed by atoms with Crippen molar-refractivity contribution in [2.45, 2.75) is 4.83 Å². The molecule has 1 atom stereocenters. The fourth-order valence-electron chi connectivity index (χ4n) is 0.810. The first-order valence-corrected chi connectivity index (χ1v) is 4.82. The lowest BCUT2D eigenvalue weighted by Crippen LogP contribution is -2.27. The summed E-state index contributed by atoms with van der Waals surface area (Å²) in [6, 6.07) is 11.8. The number of nitrogens with one attached hydrogen (secondary N) is 2. The Labute approximate surface area is 85.9 Å². The predicted molar refractivity (Wildman–Crippen MR) is 56.4 cm³/mol. The number of hydrazine groups is 1. The Kier molecular flexibility index (Phi) is 4.30. The van der Waals surface area contributed by atoms with E-state index in [4.69, 9.17) is 5.26 Å². The molecule has 0 aliphatic carbocycles. The second-order valence-electron chi connectivity index (χ2n) is 2.47. The summed E-state index contributed by atoms with van der Waals surface area (Å²) in [6.07, 6.45) is 0. The number of benzene rings is 1. The van der Waals surface area contributed by atoms with E-state index in [0.29, 0.717) is 6.54 Å². The standard InChI is InChI=1S/C9H10BrN3/c10-8(6-11)7-12-13-9-4-2-1-3-5-9/h1-5,8,12-13H,7H2. The second-order valence-corrected chi connectivity index (χ2v) is 3.57. The average Bonchev–Trinajstić information content (AvgIpc) is 2.19. The quantitative estimate of drug-likeness (QED) is 0.624. The molecule has 0 spiro atoms. The summed E-state index contributed by atoms with van der Waals surface area (Å²) in [7, 11) is 0. The van der Waals surface area contributed by atoms with Crippen LogP contribution in [-0.2, 0) is 0 Å². The Morgan fingerprint density at radius 3 is 2.69 bits per heavy atom. The van der Waals surface area contributed by atoms with Crippen LogP contribution in [0.2, 0.25) is 0 Å². The lowest BCUT2D eigenvalue weighted by Gasteiger charge is -2.07. The lowest BCUT2D eigenvalue weighted by atomic mass is 10.3. The predicted octanol–water partition coefficient (Wildman–Crippen LogP) is 1.89. The van der Waals surface area contributed by atoms with Gasteiger partial charge in [0.2, 0.25) is 0 Å². The normalized spacial score (nSPS) is 11.7. The minimum absolute atomic E-state index is 0.163. The van der Waals surface area contributed by atoms with Gasteiger partial charge in [0.25, 0.3) is 0 Å². The number of rotatable bonds is 4. The van der Waals surface area contributed by atoms with Gasteiger partial charge in [-0.3, -0.25) is 0 Å². The number of halogens is 1. The van der Waals surface area contributed by atoms with E-state index in [1.54, 1.807) is 0 Å². The van der Waals surface area contributed by atoms with Crippen molar-refractivity contribution in [2.24, 2.45) is 0 Å². The van der Waals surface area contributed by atoms with E-state index in [2.05, 4.69) is 32.9 Å². The second kappa shape index (κ2) is 5.57. The van der Waals surface area contributed by atoms with Crippen molar-refractivity contribution in [3.05, 3.63) is 30.3 Å². The molecule has 1 unspecified atom stereocenters. The van der Waals surface area contributed by atoms with Crippen molar-refractivity contribution in [1.29, 1.82) is 5.26 Å². The fourth-order valence-corrected chi connectivity index (χ4v) is 0.972. The van der Waals surface area contributed by atoms with Crippen molar-refractivity contribution in [3.63, 3.8) is 0 Å². The monoisotopic (exact) mass is 239 g/mol. The van der Waals surface area contributed by atoms with Gasteiger partial charge in [0.1, 0.15) is 4.83 Å². The summed E-state index contributed by atoms with van der Waals surface area (Å²) in [5, 5.41) is 8.47. The minimum atomic E-state index is -0.163. The molecule has 0 saturated carbocycles. The third-order valence-electron chi connectivity index (χ3n) is 1.43. The molecule has 3 nitrogen and oxygen atoms in total. The first-order chi connectivity index (χ1) is 6.33. The number of hydrogen-bond donors (Lipinski definition) is 2. The van der Waals surface area contributed by atoms with E-state index >= 15 is 0 Å². The summed E-state index contributed by atoms with van der Waals surface area (Å²) in [6.45, 7) is 0.561. The van der Waals surface area contributed by atoms with Crippen LogP contribution in [0, 0.1) is 11.3 Å². The molecule has 0 radical (unpaired) electrons. The number of para-hydroxylation sites is 1. The van der Waals surface area contributed by atoms with Crippen molar-refractivity contribution >= 4 is 21.6 Å². The molecule has 68 valence electrons. The fraction of sp³-hybridized carbons (Fsp3) is 0.222. The molecule has 0 fully saturated rings. The number of hydrogen-bond acceptors (Lipinski definition) is 3. The van der Waals surface area contributed by atoms with Crippen LogP contribution < -0.4 is 10.9 Å². The average molecular weight is 240 g/mol. The Morgan fingerprint density at radius 1 is 1.38 bits per heavy atom. The van der Waals surface area contributed by atoms with Crippen LogP contribution in [0.15, 0.2) is 30.3 Å². The number of anilines is 1. The molecule has 0 saturated heterocycles. The molecule has 4 heteroatoms. The van der Waals surface area contributed by atoms with Gasteiger partial charge in [-0.25, -0.2) is 5.43 Å². The lowest BCUT2D eigenvalue weighted by molar-refractivity contribution is 0.814. The van der Waals surface area contributed by atoms with E-state index < -0.39 is 0 Å². The van der Waals surface area contributed by atoms with Gasteiger partial charge in [0.15, 0.2) is 0 Å². The van der Waals surface area contributed by atoms with Gasteiger partial charge in [0, 0.05) is 12.2 Å². The molecule has 0 aliphatic heterocycles. The van der Waals surface area contributed by atoms with Crippen LogP contribution >= 0.6 is 15.9 Å². The molecule has 1 rings (SSSR count). The smallest absolute Gasteiger partial charge is 0.116 e. The van der Waals surface area contributed by atoms with E-state index in [9.17, 15) is 0 Å². The van der Waals surface area contributed by atoms with Crippen LogP contribution in [0.25, 0.3) is 0 Å². The molecule has 0 amide bonds. The summed E-state index contributed by atoms with van der Waals surface area (Å²) < 4.78 is 0. The zero-order valence-electron chi connectivity index (χ0n) is 7.00. The van der Waals surface area contributed by atoms with E-state index in [1.807, 2.05) is 30.3 Å². The van der Waals surface area contributed by atoms with Gasteiger partial charge in [-0.1, -0.05) is 34.1 Å². The highest BCUT2D eigenvalue weighted by Crippen LogP contribution is 2.02. The number of alkyl halides is 1. The van der Waals surface area contributed by atoms with Crippen LogP contribution in [0.1, 0.15) is 0 Å². The summed E-state index contributed by atoms with van der Waals surface area (Å²) >= 11 is 3.19. The highest BCUT2D eigenvalue weighted by atomic mass is 79.9. The van der Waals surface area contributed by atoms with Gasteiger partial charge < -0.3 is 5.43 Å². The third kappa shape index (κ3) is 3.92. The molecular formula is C9H10BrN3. The summed E-state index contributed by atoms with van der Waals surface area (Å²) in [5.74, 6) is 0. The van der Waals surface area contributed by atoms with Crippen LogP contribution in [0.3, 0.4) is 0 Å². The highest BCUT2D eigenvalue weighted by Gasteiger charge is 1.98. The topological polar surface area (TPSA) is 47.9 Å². The summed E-state index contributed by atoms with van der Waals surface area (Å²) in [4.78, 5) is -0.163. The van der Waals surface area contributed by atoms with Crippen LogP contribution in [0.4, 0.5) is 5.69 Å². The van der Waals surface area contributed by atoms with Crippen molar-refractivity contribution in [2.75, 3.05) is 12.0 Å². The maximum atomic E-state index is 8.47. The first kappa shape index (κ1) is 10.0. The van der Waals surface area contributed by atoms with E-state index in [1.165, 1.54) is 0 Å². The molecule has 1 aromatic carbocycles. The highest BCUT2D eigenvalue weighted by molar-refractivity contribution is 9.09. The SMILES string of the molecule is N#CC(Br)CNNc1ccccc1. The van der Waals surface area contributed by atoms with Crippen LogP contribution in [-0.4, -0.2) is 11.4 Å². The zero-order valence-corrected chi connectivity index (χ0v) is 8.58. The molecule has 0 aromatic heterocycles. The molecular weight excluding hydrogens is 230 g/mol. The van der Waals surface area contributed by atoms with Crippen molar-refractivity contribution in [1.82, 2.24) is 5.43 Å². The zero-order chi connectivity index (χ0) is 9.52. The maximum Gasteiger partial charge on any atom is 0.116 e. The van der Waals surface area contributed by atoms with Gasteiger partial charge in [-0.2, -0.15) is 5.26 Å². The van der Waals surface area contributed by atoms with Crippen molar-refractivity contribution in [3.8, 4) is 6.07 Å². The van der Waals surface area contributed by atoms with E-state index in [0.717, 1.165) is 5.69 Å². The van der Waals surface area contributed by atoms with Gasteiger partial charge in [0.05, 0.1) is 6.07 Å². The Hall–Kier alpha value is -1.05. The summed E-state index contributed by atoms with van der Waals surface area (Å²) in [5.41, 5.74) is 6.90. The van der Waals surface area contributed by atoms with Gasteiger partial charge >= 0.3 is 0 Å². The van der Waals surface area contributed by atoms with Gasteiger partial charge in [-0.15, -0.1) is 0 Å². The molecule has 0 bridgehead atoms. The Balaban J connectivity index is 2.25. The minimum Gasteiger partial charge on any atom is -0.321 e. The number of nitriles is 1. The molecule has 0 aliphatic rings. The van der Waals surface area contributed by atoms with Gasteiger partial charge in [-0.05, 0) is 12.1 Å². The maximum absolute atomic E-state index is 8.47. The van der Waals surface area contributed by atoms with Crippen LogP contribution in [0.5, 0.6) is 0 Å². The Morgan fingerprint density at radius 2 is 2.08 bits per heavy atom. The molecule has 0 heterocycles. The Bertz CT molecular complexity index is 281. The largest absolute Gasteiger partial charge is 0.321 e. The molecule has 1 aromatic rings. The number of nitrogens with zero attached hydrogens (tertiary/aromatic N) is 1. The first-order valence-electron chi connectivity index (χ1n) is 3.90. The van der Waals surface area contributed by atoms with Crippen molar-refractivity contribution < 1.29 is 0 Å².